The molecule has 96 valence electrons. The first-order valence-corrected chi connectivity index (χ1v) is 6.44. The Kier molecular flexibility index (Phi) is 5.14. The van der Waals surface area contributed by atoms with E-state index in [1.54, 1.807) is 6.20 Å². The van der Waals surface area contributed by atoms with Gasteiger partial charge in [0, 0.05) is 13.1 Å². The van der Waals surface area contributed by atoms with Gasteiger partial charge in [0.05, 0.1) is 18.0 Å². The summed E-state index contributed by atoms with van der Waals surface area (Å²) in [6.07, 6.45) is 1.14. The van der Waals surface area contributed by atoms with Gasteiger partial charge in [-0.05, 0) is 28.8 Å². The molecule has 0 aliphatic carbocycles. The summed E-state index contributed by atoms with van der Waals surface area (Å²) in [5.41, 5.74) is 0.441. The lowest BCUT2D eigenvalue weighted by atomic mass is 10.1. The lowest BCUT2D eigenvalue weighted by Gasteiger charge is -2.16. The summed E-state index contributed by atoms with van der Waals surface area (Å²) in [6.45, 7) is 6.67. The Morgan fingerprint density at radius 1 is 1.59 bits per heavy atom. The van der Waals surface area contributed by atoms with Crippen molar-refractivity contribution in [2.24, 2.45) is 5.92 Å². The van der Waals surface area contributed by atoms with Crippen molar-refractivity contribution < 1.29 is 5.11 Å². The number of halogens is 1. The Morgan fingerprint density at radius 3 is 2.76 bits per heavy atom. The first-order valence-electron chi connectivity index (χ1n) is 5.64. The molecule has 6 heteroatoms. The van der Waals surface area contributed by atoms with Gasteiger partial charge in [0.2, 0.25) is 0 Å². The maximum atomic E-state index is 11.8. The van der Waals surface area contributed by atoms with Gasteiger partial charge in [-0.25, -0.2) is 4.68 Å². The van der Waals surface area contributed by atoms with Gasteiger partial charge in [0.25, 0.3) is 5.56 Å². The van der Waals surface area contributed by atoms with Crippen molar-refractivity contribution in [3.63, 3.8) is 0 Å². The Bertz CT molecular complexity index is 431. The summed E-state index contributed by atoms with van der Waals surface area (Å²) < 4.78 is 1.82. The van der Waals surface area contributed by atoms with Crippen LogP contribution in [0.1, 0.15) is 20.8 Å². The van der Waals surface area contributed by atoms with Crippen LogP contribution in [0, 0.1) is 5.92 Å². The van der Waals surface area contributed by atoms with E-state index in [1.807, 2.05) is 20.8 Å². The summed E-state index contributed by atoms with van der Waals surface area (Å²) >= 11 is 3.24. The molecule has 1 aromatic rings. The summed E-state index contributed by atoms with van der Waals surface area (Å²) in [7, 11) is 0. The minimum atomic E-state index is -0.449. The van der Waals surface area contributed by atoms with Crippen molar-refractivity contribution in [1.29, 1.82) is 0 Å². The number of nitrogens with one attached hydrogen (secondary N) is 1. The van der Waals surface area contributed by atoms with Crippen LogP contribution >= 0.6 is 15.9 Å². The minimum absolute atomic E-state index is 0.170. The molecular formula is C11H18BrN3O2. The SMILES string of the molecule is CCn1ncc(NCC(O)C(C)C)c(Br)c1=O. The maximum absolute atomic E-state index is 11.8. The summed E-state index contributed by atoms with van der Waals surface area (Å²) in [5, 5.41) is 16.7. The Hall–Kier alpha value is -0.880. The quantitative estimate of drug-likeness (QED) is 0.864. The van der Waals surface area contributed by atoms with Crippen molar-refractivity contribution in [2.45, 2.75) is 33.4 Å². The molecular weight excluding hydrogens is 286 g/mol. The zero-order chi connectivity index (χ0) is 13.0. The second kappa shape index (κ2) is 6.16. The van der Waals surface area contributed by atoms with E-state index in [0.29, 0.717) is 23.2 Å². The Balaban J connectivity index is 2.80. The molecule has 0 spiro atoms. The molecule has 5 nitrogen and oxygen atoms in total. The van der Waals surface area contributed by atoms with Crippen LogP contribution in [0.15, 0.2) is 15.5 Å². The topological polar surface area (TPSA) is 67.2 Å². The van der Waals surface area contributed by atoms with Crippen molar-refractivity contribution in [3.05, 3.63) is 21.0 Å². The fourth-order valence-electron chi connectivity index (χ4n) is 1.26. The van der Waals surface area contributed by atoms with Crippen LogP contribution in [0.3, 0.4) is 0 Å². The lowest BCUT2D eigenvalue weighted by molar-refractivity contribution is 0.138. The van der Waals surface area contributed by atoms with E-state index < -0.39 is 6.10 Å². The molecule has 1 heterocycles. The molecule has 0 amide bonds. The normalized spacial score (nSPS) is 12.8. The average molecular weight is 304 g/mol. The first-order chi connectivity index (χ1) is 7.97. The summed E-state index contributed by atoms with van der Waals surface area (Å²) in [4.78, 5) is 11.8. The average Bonchev–Trinajstić information content (AvgIpc) is 2.30. The minimum Gasteiger partial charge on any atom is -0.391 e. The van der Waals surface area contributed by atoms with Crippen molar-refractivity contribution in [2.75, 3.05) is 11.9 Å². The fraction of sp³-hybridized carbons (Fsp3) is 0.636. The third-order valence-corrected chi connectivity index (χ3v) is 3.32. The molecule has 1 aromatic heterocycles. The molecule has 2 N–H and O–H groups in total. The highest BCUT2D eigenvalue weighted by atomic mass is 79.9. The largest absolute Gasteiger partial charge is 0.391 e. The number of aryl methyl sites for hydroxylation is 1. The highest BCUT2D eigenvalue weighted by molar-refractivity contribution is 9.10. The van der Waals surface area contributed by atoms with Gasteiger partial charge in [-0.1, -0.05) is 13.8 Å². The maximum Gasteiger partial charge on any atom is 0.283 e. The summed E-state index contributed by atoms with van der Waals surface area (Å²) in [6, 6.07) is 0. The molecule has 1 rings (SSSR count). The number of rotatable bonds is 5. The Morgan fingerprint density at radius 2 is 2.24 bits per heavy atom. The molecule has 17 heavy (non-hydrogen) atoms. The molecule has 0 saturated carbocycles. The molecule has 0 fully saturated rings. The number of hydrogen-bond donors (Lipinski definition) is 2. The lowest BCUT2D eigenvalue weighted by Crippen LogP contribution is -2.27. The third kappa shape index (κ3) is 3.54. The molecule has 0 radical (unpaired) electrons. The number of anilines is 1. The van der Waals surface area contributed by atoms with E-state index in [9.17, 15) is 9.90 Å². The predicted molar refractivity (Wildman–Crippen MR) is 71.2 cm³/mol. The van der Waals surface area contributed by atoms with E-state index in [0.717, 1.165) is 0 Å². The number of hydrogen-bond acceptors (Lipinski definition) is 4. The standard InChI is InChI=1S/C11H18BrN3O2/c1-4-15-11(17)10(12)8(5-14-15)13-6-9(16)7(2)3/h5,7,9,13,16H,4,6H2,1-3H3. The number of aliphatic hydroxyl groups is 1. The first kappa shape index (κ1) is 14.2. The van der Waals surface area contributed by atoms with Crippen LogP contribution in [0.2, 0.25) is 0 Å². The van der Waals surface area contributed by atoms with Crippen LogP contribution in [0.5, 0.6) is 0 Å². The predicted octanol–water partition coefficient (Wildman–Crippen LogP) is 1.45. The number of aliphatic hydroxyl groups excluding tert-OH is 1. The number of aromatic nitrogens is 2. The van der Waals surface area contributed by atoms with Crippen molar-refractivity contribution >= 4 is 21.6 Å². The second-order valence-electron chi connectivity index (χ2n) is 4.19. The van der Waals surface area contributed by atoms with Crippen LogP contribution < -0.4 is 10.9 Å². The molecule has 0 bridgehead atoms. The van der Waals surface area contributed by atoms with Crippen LogP contribution in [0.25, 0.3) is 0 Å². The van der Waals surface area contributed by atoms with Crippen molar-refractivity contribution in [3.8, 4) is 0 Å². The van der Waals surface area contributed by atoms with Crippen LogP contribution in [-0.2, 0) is 6.54 Å². The molecule has 0 aliphatic heterocycles. The van der Waals surface area contributed by atoms with E-state index in [1.165, 1.54) is 4.68 Å². The van der Waals surface area contributed by atoms with Gasteiger partial charge in [0.1, 0.15) is 4.47 Å². The molecule has 1 unspecified atom stereocenters. The fourth-order valence-corrected chi connectivity index (χ4v) is 1.71. The third-order valence-electron chi connectivity index (χ3n) is 2.56. The highest BCUT2D eigenvalue weighted by Crippen LogP contribution is 2.16. The van der Waals surface area contributed by atoms with Gasteiger partial charge >= 0.3 is 0 Å². The smallest absolute Gasteiger partial charge is 0.283 e. The molecule has 0 saturated heterocycles. The monoisotopic (exact) mass is 303 g/mol. The molecule has 1 atom stereocenters. The highest BCUT2D eigenvalue weighted by Gasteiger charge is 2.11. The van der Waals surface area contributed by atoms with Gasteiger partial charge in [-0.3, -0.25) is 4.79 Å². The molecule has 0 aromatic carbocycles. The zero-order valence-corrected chi connectivity index (χ0v) is 11.9. The second-order valence-corrected chi connectivity index (χ2v) is 4.98. The van der Waals surface area contributed by atoms with Gasteiger partial charge < -0.3 is 10.4 Å². The zero-order valence-electron chi connectivity index (χ0n) is 10.3. The van der Waals surface area contributed by atoms with E-state index in [-0.39, 0.29) is 11.5 Å². The van der Waals surface area contributed by atoms with E-state index in [4.69, 9.17) is 0 Å². The van der Waals surface area contributed by atoms with Gasteiger partial charge in [0.15, 0.2) is 0 Å². The van der Waals surface area contributed by atoms with E-state index in [2.05, 4.69) is 26.3 Å². The van der Waals surface area contributed by atoms with Crippen LogP contribution in [0.4, 0.5) is 5.69 Å². The number of nitrogens with zero attached hydrogens (tertiary/aromatic N) is 2. The van der Waals surface area contributed by atoms with Crippen molar-refractivity contribution in [1.82, 2.24) is 9.78 Å². The van der Waals surface area contributed by atoms with Crippen LogP contribution in [-0.4, -0.2) is 27.5 Å². The van der Waals surface area contributed by atoms with E-state index >= 15 is 0 Å². The van der Waals surface area contributed by atoms with Gasteiger partial charge in [-0.15, -0.1) is 0 Å². The molecule has 0 aliphatic rings. The summed E-state index contributed by atoms with van der Waals surface area (Å²) in [5.74, 6) is 0.172. The van der Waals surface area contributed by atoms with Gasteiger partial charge in [-0.2, -0.15) is 5.10 Å². The Labute approximate surface area is 109 Å².